The van der Waals surface area contributed by atoms with Crippen molar-refractivity contribution in [1.82, 2.24) is 15.1 Å². The minimum absolute atomic E-state index is 0.0604. The minimum Gasteiger partial charge on any atom is -0.451 e. The van der Waals surface area contributed by atoms with Crippen molar-refractivity contribution >= 4 is 11.9 Å². The normalized spacial score (nSPS) is 19.0. The lowest BCUT2D eigenvalue weighted by molar-refractivity contribution is -0.124. The van der Waals surface area contributed by atoms with Crippen LogP contribution in [-0.4, -0.2) is 47.5 Å². The lowest BCUT2D eigenvalue weighted by Crippen LogP contribution is -2.35. The van der Waals surface area contributed by atoms with Gasteiger partial charge in [0, 0.05) is 19.1 Å². The van der Waals surface area contributed by atoms with Crippen LogP contribution in [0.2, 0.25) is 0 Å². The van der Waals surface area contributed by atoms with Crippen molar-refractivity contribution in [2.75, 3.05) is 19.8 Å². The van der Waals surface area contributed by atoms with Crippen molar-refractivity contribution in [2.24, 2.45) is 0 Å². The maximum atomic E-state index is 12.6. The molecule has 1 saturated heterocycles. The molecule has 1 atom stereocenters. The van der Waals surface area contributed by atoms with E-state index in [1.54, 1.807) is 10.7 Å². The zero-order valence-electron chi connectivity index (χ0n) is 15.1. The second-order valence-corrected chi connectivity index (χ2v) is 6.99. The van der Waals surface area contributed by atoms with Crippen LogP contribution in [0, 0.1) is 0 Å². The quantitative estimate of drug-likeness (QED) is 0.757. The summed E-state index contributed by atoms with van der Waals surface area (Å²) >= 11 is 0. The van der Waals surface area contributed by atoms with E-state index in [4.69, 9.17) is 9.47 Å². The Balaban J connectivity index is 1.39. The summed E-state index contributed by atoms with van der Waals surface area (Å²) in [6.07, 6.45) is 4.20. The van der Waals surface area contributed by atoms with Gasteiger partial charge in [-0.05, 0) is 43.9 Å². The molecular weight excluding hydrogens is 346 g/mol. The third-order valence-corrected chi connectivity index (χ3v) is 4.82. The van der Waals surface area contributed by atoms with E-state index in [9.17, 15) is 9.59 Å². The summed E-state index contributed by atoms with van der Waals surface area (Å²) in [5.74, 6) is -0.464. The van der Waals surface area contributed by atoms with Crippen molar-refractivity contribution in [1.29, 1.82) is 0 Å². The maximum Gasteiger partial charge on any atom is 0.357 e. The number of rotatable bonds is 7. The molecule has 27 heavy (non-hydrogen) atoms. The molecule has 0 bridgehead atoms. The minimum atomic E-state index is -0.550. The van der Waals surface area contributed by atoms with Crippen LogP contribution in [-0.2, 0) is 14.3 Å². The van der Waals surface area contributed by atoms with Gasteiger partial charge in [0.1, 0.15) is 0 Å². The molecule has 1 aliphatic heterocycles. The van der Waals surface area contributed by atoms with Gasteiger partial charge in [-0.25, -0.2) is 9.48 Å². The van der Waals surface area contributed by atoms with Gasteiger partial charge in [0.15, 0.2) is 12.3 Å². The fraction of sp³-hybridized carbons (Fsp3) is 0.450. The standard InChI is InChI=1S/C20H23N3O4/c24-19(21-12-16-7-4-10-26-16)13-27-20(25)18-11-17(14-8-9-14)22-23(18)15-5-2-1-3-6-15/h1-3,5-6,11,14,16H,4,7-10,12-13H2,(H,21,24). The Bertz CT molecular complexity index is 808. The summed E-state index contributed by atoms with van der Waals surface area (Å²) in [6, 6.07) is 11.2. The zero-order valence-corrected chi connectivity index (χ0v) is 15.1. The van der Waals surface area contributed by atoms with Gasteiger partial charge in [0.2, 0.25) is 0 Å². The zero-order chi connectivity index (χ0) is 18.6. The van der Waals surface area contributed by atoms with Crippen molar-refractivity contribution in [3.63, 3.8) is 0 Å². The number of amides is 1. The Hall–Kier alpha value is -2.67. The Labute approximate surface area is 157 Å². The van der Waals surface area contributed by atoms with Crippen molar-refractivity contribution < 1.29 is 19.1 Å². The van der Waals surface area contributed by atoms with E-state index in [2.05, 4.69) is 10.4 Å². The lowest BCUT2D eigenvalue weighted by Gasteiger charge is -2.11. The fourth-order valence-electron chi connectivity index (χ4n) is 3.18. The number of aromatic nitrogens is 2. The first-order chi connectivity index (χ1) is 13.2. The van der Waals surface area contributed by atoms with Gasteiger partial charge >= 0.3 is 5.97 Å². The third kappa shape index (κ3) is 4.36. The second-order valence-electron chi connectivity index (χ2n) is 6.99. The highest BCUT2D eigenvalue weighted by molar-refractivity contribution is 5.90. The van der Waals surface area contributed by atoms with Crippen LogP contribution in [0.4, 0.5) is 0 Å². The summed E-state index contributed by atoms with van der Waals surface area (Å²) in [6.45, 7) is 0.872. The maximum absolute atomic E-state index is 12.6. The third-order valence-electron chi connectivity index (χ3n) is 4.82. The molecular formula is C20H23N3O4. The van der Waals surface area contributed by atoms with Gasteiger partial charge < -0.3 is 14.8 Å². The van der Waals surface area contributed by atoms with Gasteiger partial charge in [-0.3, -0.25) is 4.79 Å². The Morgan fingerprint density at radius 3 is 2.74 bits per heavy atom. The van der Waals surface area contributed by atoms with E-state index in [-0.39, 0.29) is 18.6 Å². The number of nitrogens with zero attached hydrogens (tertiary/aromatic N) is 2. The summed E-state index contributed by atoms with van der Waals surface area (Å²) in [7, 11) is 0. The van der Waals surface area contributed by atoms with Crippen molar-refractivity contribution in [2.45, 2.75) is 37.7 Å². The average Bonchev–Trinajstić information content (AvgIpc) is 3.23. The fourth-order valence-corrected chi connectivity index (χ4v) is 3.18. The van der Waals surface area contributed by atoms with E-state index in [1.165, 1.54) is 0 Å². The molecule has 2 heterocycles. The van der Waals surface area contributed by atoms with Crippen LogP contribution in [0.3, 0.4) is 0 Å². The predicted molar refractivity (Wildman–Crippen MR) is 97.8 cm³/mol. The first-order valence-electron chi connectivity index (χ1n) is 9.41. The summed E-state index contributed by atoms with van der Waals surface area (Å²) < 4.78 is 12.3. The van der Waals surface area contributed by atoms with Crippen LogP contribution in [0.1, 0.15) is 47.8 Å². The molecule has 1 N–H and O–H groups in total. The van der Waals surface area contributed by atoms with Crippen LogP contribution in [0.15, 0.2) is 36.4 Å². The Morgan fingerprint density at radius 2 is 2.04 bits per heavy atom. The molecule has 2 aromatic rings. The number of carbonyl (C=O) groups excluding carboxylic acids is 2. The van der Waals surface area contributed by atoms with E-state index < -0.39 is 5.97 Å². The molecule has 1 aromatic carbocycles. The highest BCUT2D eigenvalue weighted by atomic mass is 16.5. The summed E-state index contributed by atoms with van der Waals surface area (Å²) in [5, 5.41) is 7.33. The number of esters is 1. The average molecular weight is 369 g/mol. The van der Waals surface area contributed by atoms with Gasteiger partial charge in [0.05, 0.1) is 17.5 Å². The number of hydrogen-bond donors (Lipinski definition) is 1. The van der Waals surface area contributed by atoms with Crippen LogP contribution in [0.25, 0.3) is 5.69 Å². The Kier molecular flexibility index (Phi) is 5.20. The molecule has 2 aliphatic rings. The van der Waals surface area contributed by atoms with Crippen LogP contribution in [0.5, 0.6) is 0 Å². The van der Waals surface area contributed by atoms with Crippen LogP contribution < -0.4 is 5.32 Å². The number of ether oxygens (including phenoxy) is 2. The molecule has 1 saturated carbocycles. The van der Waals surface area contributed by atoms with Gasteiger partial charge in [-0.15, -0.1) is 0 Å². The smallest absolute Gasteiger partial charge is 0.357 e. The molecule has 7 heteroatoms. The molecule has 142 valence electrons. The van der Waals surface area contributed by atoms with Crippen LogP contribution >= 0.6 is 0 Å². The lowest BCUT2D eigenvalue weighted by atomic mass is 10.2. The SMILES string of the molecule is O=C(COC(=O)c1cc(C2CC2)nn1-c1ccccc1)NCC1CCCO1. The van der Waals surface area contributed by atoms with Gasteiger partial charge in [-0.2, -0.15) is 5.10 Å². The van der Waals surface area contributed by atoms with Crippen molar-refractivity contribution in [3.8, 4) is 5.69 Å². The first kappa shape index (κ1) is 17.7. The number of benzene rings is 1. The molecule has 0 radical (unpaired) electrons. The van der Waals surface area contributed by atoms with Crippen molar-refractivity contribution in [3.05, 3.63) is 47.8 Å². The molecule has 0 spiro atoms. The first-order valence-corrected chi connectivity index (χ1v) is 9.41. The van der Waals surface area contributed by atoms with Gasteiger partial charge in [-0.1, -0.05) is 18.2 Å². The number of nitrogens with one attached hydrogen (secondary N) is 1. The summed E-state index contributed by atoms with van der Waals surface area (Å²) in [4.78, 5) is 24.5. The van der Waals surface area contributed by atoms with E-state index in [0.29, 0.717) is 18.2 Å². The second kappa shape index (κ2) is 7.92. The molecule has 1 unspecified atom stereocenters. The topological polar surface area (TPSA) is 82.5 Å². The van der Waals surface area contributed by atoms with E-state index in [1.807, 2.05) is 30.3 Å². The number of carbonyl (C=O) groups is 2. The highest BCUT2D eigenvalue weighted by Crippen LogP contribution is 2.39. The predicted octanol–water partition coefficient (Wildman–Crippen LogP) is 2.20. The largest absolute Gasteiger partial charge is 0.451 e. The molecule has 1 amide bonds. The number of para-hydroxylation sites is 1. The Morgan fingerprint density at radius 1 is 1.22 bits per heavy atom. The molecule has 2 fully saturated rings. The monoisotopic (exact) mass is 369 g/mol. The summed E-state index contributed by atoms with van der Waals surface area (Å²) in [5.41, 5.74) is 2.03. The molecule has 1 aromatic heterocycles. The molecule has 1 aliphatic carbocycles. The van der Waals surface area contributed by atoms with E-state index >= 15 is 0 Å². The van der Waals surface area contributed by atoms with Gasteiger partial charge in [0.25, 0.3) is 5.91 Å². The highest BCUT2D eigenvalue weighted by Gasteiger charge is 2.29. The molecule has 7 nitrogen and oxygen atoms in total. The number of hydrogen-bond acceptors (Lipinski definition) is 5. The molecule has 4 rings (SSSR count). The van der Waals surface area contributed by atoms with E-state index in [0.717, 1.165) is 43.7 Å².